The normalized spacial score (nSPS) is 10.4. The van der Waals surface area contributed by atoms with Crippen molar-refractivity contribution in [1.82, 2.24) is 4.90 Å². The number of hydrogen-bond acceptors (Lipinski definition) is 1. The van der Waals surface area contributed by atoms with E-state index in [1.54, 1.807) is 19.0 Å². The molecule has 0 radical (unpaired) electrons. The number of hydrogen-bond donors (Lipinski definition) is 0. The van der Waals surface area contributed by atoms with Crippen molar-refractivity contribution in [3.63, 3.8) is 0 Å². The van der Waals surface area contributed by atoms with E-state index < -0.39 is 0 Å². The molecule has 18 heavy (non-hydrogen) atoms. The van der Waals surface area contributed by atoms with E-state index in [9.17, 15) is 4.79 Å². The van der Waals surface area contributed by atoms with Crippen LogP contribution in [0.15, 0.2) is 24.3 Å². The van der Waals surface area contributed by atoms with Crippen LogP contribution in [-0.2, 0) is 16.6 Å². The molecule has 2 heteroatoms. The number of carbonyl (C=O) groups excluding carboxylic acids is 1. The topological polar surface area (TPSA) is 20.3 Å². The summed E-state index contributed by atoms with van der Waals surface area (Å²) in [6.45, 7) is 10.6. The second kappa shape index (κ2) is 7.20. The fourth-order valence-corrected chi connectivity index (χ4v) is 1.46. The van der Waals surface area contributed by atoms with E-state index in [0.717, 1.165) is 5.56 Å². The van der Waals surface area contributed by atoms with E-state index in [4.69, 9.17) is 0 Å². The van der Waals surface area contributed by atoms with E-state index in [0.29, 0.717) is 6.42 Å². The molecule has 0 fully saturated rings. The highest BCUT2D eigenvalue weighted by Crippen LogP contribution is 2.22. The molecular formula is C16H27NO. The molecule has 102 valence electrons. The van der Waals surface area contributed by atoms with Gasteiger partial charge in [0, 0.05) is 14.1 Å². The largest absolute Gasteiger partial charge is 0.349 e. The summed E-state index contributed by atoms with van der Waals surface area (Å²) in [6.07, 6.45) is 0.484. The highest BCUT2D eigenvalue weighted by molar-refractivity contribution is 5.78. The molecular weight excluding hydrogens is 222 g/mol. The summed E-state index contributed by atoms with van der Waals surface area (Å²) in [6, 6.07) is 8.31. The van der Waals surface area contributed by atoms with Gasteiger partial charge in [-0.1, -0.05) is 58.9 Å². The Morgan fingerprint density at radius 2 is 1.50 bits per heavy atom. The summed E-state index contributed by atoms with van der Waals surface area (Å²) in [5, 5.41) is 0. The zero-order chi connectivity index (χ0) is 14.3. The van der Waals surface area contributed by atoms with Crippen molar-refractivity contribution in [3.8, 4) is 0 Å². The zero-order valence-electron chi connectivity index (χ0n) is 12.9. The molecule has 0 saturated carbocycles. The van der Waals surface area contributed by atoms with Gasteiger partial charge < -0.3 is 4.90 Å². The molecule has 0 aliphatic heterocycles. The fourth-order valence-electron chi connectivity index (χ4n) is 1.46. The van der Waals surface area contributed by atoms with Gasteiger partial charge in [-0.05, 0) is 16.5 Å². The Morgan fingerprint density at radius 1 is 1.06 bits per heavy atom. The summed E-state index contributed by atoms with van der Waals surface area (Å²) in [4.78, 5) is 13.1. The third-order valence-corrected chi connectivity index (χ3v) is 2.67. The lowest BCUT2D eigenvalue weighted by molar-refractivity contribution is -0.127. The molecule has 1 aromatic carbocycles. The van der Waals surface area contributed by atoms with Gasteiger partial charge in [0.15, 0.2) is 0 Å². The quantitative estimate of drug-likeness (QED) is 0.783. The number of benzene rings is 1. The predicted molar refractivity (Wildman–Crippen MR) is 78.9 cm³/mol. The van der Waals surface area contributed by atoms with Crippen molar-refractivity contribution in [1.29, 1.82) is 0 Å². The van der Waals surface area contributed by atoms with Crippen molar-refractivity contribution >= 4 is 5.91 Å². The van der Waals surface area contributed by atoms with Gasteiger partial charge in [0.05, 0.1) is 6.42 Å². The molecule has 0 atom stereocenters. The van der Waals surface area contributed by atoms with E-state index in [2.05, 4.69) is 32.9 Å². The molecule has 0 spiro atoms. The molecule has 0 heterocycles. The minimum absolute atomic E-state index is 0.142. The first kappa shape index (κ1) is 16.7. The molecule has 0 aliphatic rings. The maximum atomic E-state index is 11.5. The Kier molecular flexibility index (Phi) is 6.67. The Labute approximate surface area is 112 Å². The molecule has 0 unspecified atom stereocenters. The lowest BCUT2D eigenvalue weighted by Gasteiger charge is -2.19. The monoisotopic (exact) mass is 249 g/mol. The molecule has 0 N–H and O–H groups in total. The second-order valence-corrected chi connectivity index (χ2v) is 5.41. The first-order valence-corrected chi connectivity index (χ1v) is 6.60. The maximum absolute atomic E-state index is 11.5. The number of likely N-dealkylation sites (N-methyl/N-ethyl adjacent to an activating group) is 1. The van der Waals surface area contributed by atoms with Gasteiger partial charge in [-0.2, -0.15) is 0 Å². The van der Waals surface area contributed by atoms with Gasteiger partial charge in [-0.25, -0.2) is 0 Å². The lowest BCUT2D eigenvalue weighted by atomic mass is 9.86. The molecule has 1 aromatic rings. The van der Waals surface area contributed by atoms with Crippen LogP contribution in [0.2, 0.25) is 0 Å². The van der Waals surface area contributed by atoms with Crippen molar-refractivity contribution in [2.24, 2.45) is 0 Å². The summed E-state index contributed by atoms with van der Waals surface area (Å²) < 4.78 is 0. The van der Waals surface area contributed by atoms with E-state index in [-0.39, 0.29) is 11.3 Å². The van der Waals surface area contributed by atoms with Gasteiger partial charge in [0.25, 0.3) is 0 Å². The first-order valence-electron chi connectivity index (χ1n) is 6.60. The maximum Gasteiger partial charge on any atom is 0.226 e. The molecule has 0 aromatic heterocycles. The van der Waals surface area contributed by atoms with Gasteiger partial charge >= 0.3 is 0 Å². The van der Waals surface area contributed by atoms with E-state index in [1.165, 1.54) is 5.56 Å². The second-order valence-electron chi connectivity index (χ2n) is 5.41. The third kappa shape index (κ3) is 5.35. The Bertz CT molecular complexity index is 358. The predicted octanol–water partition coefficient (Wildman–Crippen LogP) is 3.64. The van der Waals surface area contributed by atoms with Gasteiger partial charge in [0.1, 0.15) is 0 Å². The van der Waals surface area contributed by atoms with Crippen LogP contribution in [-0.4, -0.2) is 24.9 Å². The minimum atomic E-state index is 0.142. The van der Waals surface area contributed by atoms with Crippen molar-refractivity contribution in [2.75, 3.05) is 14.1 Å². The zero-order valence-corrected chi connectivity index (χ0v) is 12.9. The highest BCUT2D eigenvalue weighted by Gasteiger charge is 2.13. The van der Waals surface area contributed by atoms with Crippen LogP contribution < -0.4 is 0 Å². The summed E-state index contributed by atoms with van der Waals surface area (Å²) in [5.74, 6) is 0.142. The van der Waals surface area contributed by atoms with Crippen LogP contribution in [0.1, 0.15) is 45.7 Å². The van der Waals surface area contributed by atoms with Gasteiger partial charge in [-0.15, -0.1) is 0 Å². The number of amides is 1. The van der Waals surface area contributed by atoms with Crippen molar-refractivity contribution in [2.45, 2.75) is 46.5 Å². The van der Waals surface area contributed by atoms with Gasteiger partial charge in [0.2, 0.25) is 5.91 Å². The Hall–Kier alpha value is -1.31. The van der Waals surface area contributed by atoms with Crippen LogP contribution in [0.3, 0.4) is 0 Å². The first-order chi connectivity index (χ1) is 8.30. The van der Waals surface area contributed by atoms with Crippen LogP contribution in [0.25, 0.3) is 0 Å². The standard InChI is InChI=1S/C14H21NO.C2H6/c1-14(2,3)12-8-6-11(7-9-12)10-13(16)15(4)5;1-2/h6-9H,10H2,1-5H3;1-2H3. The number of carbonyl (C=O) groups is 1. The van der Waals surface area contributed by atoms with Crippen LogP contribution >= 0.6 is 0 Å². The van der Waals surface area contributed by atoms with E-state index >= 15 is 0 Å². The van der Waals surface area contributed by atoms with Crippen LogP contribution in [0, 0.1) is 0 Å². The number of nitrogens with zero attached hydrogens (tertiary/aromatic N) is 1. The van der Waals surface area contributed by atoms with Gasteiger partial charge in [-0.3, -0.25) is 4.79 Å². The molecule has 0 aliphatic carbocycles. The fraction of sp³-hybridized carbons (Fsp3) is 0.562. The van der Waals surface area contributed by atoms with Crippen molar-refractivity contribution in [3.05, 3.63) is 35.4 Å². The molecule has 2 nitrogen and oxygen atoms in total. The third-order valence-electron chi connectivity index (χ3n) is 2.67. The molecule has 1 amide bonds. The van der Waals surface area contributed by atoms with Crippen LogP contribution in [0.4, 0.5) is 0 Å². The van der Waals surface area contributed by atoms with Crippen molar-refractivity contribution < 1.29 is 4.79 Å². The SMILES string of the molecule is CC.CN(C)C(=O)Cc1ccc(C(C)(C)C)cc1. The average molecular weight is 249 g/mol. The summed E-state index contributed by atoms with van der Waals surface area (Å²) in [7, 11) is 3.57. The minimum Gasteiger partial charge on any atom is -0.349 e. The average Bonchev–Trinajstić information content (AvgIpc) is 2.31. The number of rotatable bonds is 2. The Morgan fingerprint density at radius 3 is 1.83 bits per heavy atom. The molecule has 0 bridgehead atoms. The summed E-state index contributed by atoms with van der Waals surface area (Å²) >= 11 is 0. The Balaban J connectivity index is 0.00000137. The lowest BCUT2D eigenvalue weighted by Crippen LogP contribution is -2.23. The molecule has 1 rings (SSSR count). The smallest absolute Gasteiger partial charge is 0.226 e. The highest BCUT2D eigenvalue weighted by atomic mass is 16.2. The molecule has 0 saturated heterocycles. The van der Waals surface area contributed by atoms with E-state index in [1.807, 2.05) is 26.0 Å². The van der Waals surface area contributed by atoms with Crippen LogP contribution in [0.5, 0.6) is 0 Å². The summed E-state index contributed by atoms with van der Waals surface area (Å²) in [5.41, 5.74) is 2.55.